The SMILES string of the molecule is C[C@@H]1[C@@H]2Cc3c(c(C(=O)N4CCC(OCCO)CC4)nn3CC(=O)N3CC[C@@H](Oc4ncccc4C(F)(F)F)C[C@H]3C)[C@H]12. The number of carbonyl (C=O) groups is 2. The summed E-state index contributed by atoms with van der Waals surface area (Å²) in [7, 11) is 0. The number of hydrogen-bond acceptors (Lipinski definition) is 7. The second-order valence-corrected chi connectivity index (χ2v) is 12.3. The summed E-state index contributed by atoms with van der Waals surface area (Å²) < 4.78 is 53.2. The summed E-state index contributed by atoms with van der Waals surface area (Å²) in [5.41, 5.74) is 1.49. The van der Waals surface area contributed by atoms with Gasteiger partial charge in [0.2, 0.25) is 11.8 Å². The fourth-order valence-electron chi connectivity index (χ4n) is 7.20. The molecule has 6 rings (SSSR count). The molecule has 2 aromatic rings. The van der Waals surface area contributed by atoms with Gasteiger partial charge in [-0.15, -0.1) is 0 Å². The van der Waals surface area contributed by atoms with Crippen molar-refractivity contribution in [1.29, 1.82) is 0 Å². The number of aliphatic hydroxyl groups is 1. The lowest BCUT2D eigenvalue weighted by Crippen LogP contribution is -2.48. The third-order valence-electron chi connectivity index (χ3n) is 9.59. The maximum atomic E-state index is 13.7. The summed E-state index contributed by atoms with van der Waals surface area (Å²) in [6, 6.07) is 1.93. The van der Waals surface area contributed by atoms with Crippen LogP contribution in [0.5, 0.6) is 5.88 Å². The van der Waals surface area contributed by atoms with Gasteiger partial charge in [-0.1, -0.05) is 6.92 Å². The number of aromatic nitrogens is 3. The first kappa shape index (κ1) is 29.9. The molecule has 2 aromatic heterocycles. The highest BCUT2D eigenvalue weighted by Crippen LogP contribution is 2.62. The van der Waals surface area contributed by atoms with Crippen molar-refractivity contribution in [1.82, 2.24) is 24.6 Å². The van der Waals surface area contributed by atoms with E-state index in [-0.39, 0.29) is 43.7 Å². The van der Waals surface area contributed by atoms with Crippen molar-refractivity contribution < 1.29 is 37.3 Å². The van der Waals surface area contributed by atoms with Crippen molar-refractivity contribution >= 4 is 11.8 Å². The molecule has 2 saturated heterocycles. The van der Waals surface area contributed by atoms with Gasteiger partial charge in [0.15, 0.2) is 5.69 Å². The van der Waals surface area contributed by atoms with Crippen LogP contribution < -0.4 is 4.74 Å². The average Bonchev–Trinajstić information content (AvgIpc) is 3.27. The third kappa shape index (κ3) is 5.85. The molecule has 0 radical (unpaired) electrons. The summed E-state index contributed by atoms with van der Waals surface area (Å²) in [6.45, 7) is 5.77. The van der Waals surface area contributed by atoms with Crippen LogP contribution in [0.15, 0.2) is 18.3 Å². The summed E-state index contributed by atoms with van der Waals surface area (Å²) >= 11 is 0. The van der Waals surface area contributed by atoms with Gasteiger partial charge in [-0.05, 0) is 56.1 Å². The number of carbonyl (C=O) groups excluding carboxylic acids is 2. The van der Waals surface area contributed by atoms with Crippen molar-refractivity contribution in [2.75, 3.05) is 32.8 Å². The molecule has 0 spiro atoms. The Morgan fingerprint density at radius 1 is 1.12 bits per heavy atom. The third-order valence-corrected chi connectivity index (χ3v) is 9.59. The van der Waals surface area contributed by atoms with Gasteiger partial charge in [-0.2, -0.15) is 18.3 Å². The zero-order valence-electron chi connectivity index (χ0n) is 24.4. The number of nitrogens with zero attached hydrogens (tertiary/aromatic N) is 5. The van der Waals surface area contributed by atoms with Crippen LogP contribution in [-0.4, -0.2) is 92.6 Å². The maximum absolute atomic E-state index is 13.7. The number of halogens is 3. The Morgan fingerprint density at radius 2 is 1.86 bits per heavy atom. The lowest BCUT2D eigenvalue weighted by atomic mass is 10.0. The van der Waals surface area contributed by atoms with Gasteiger partial charge >= 0.3 is 6.18 Å². The topological polar surface area (TPSA) is 110 Å². The van der Waals surface area contributed by atoms with Gasteiger partial charge in [0.25, 0.3) is 5.91 Å². The summed E-state index contributed by atoms with van der Waals surface area (Å²) in [5, 5.41) is 13.7. The highest BCUT2D eigenvalue weighted by Gasteiger charge is 2.56. The second-order valence-electron chi connectivity index (χ2n) is 12.3. The Bertz CT molecular complexity index is 1360. The van der Waals surface area contributed by atoms with Gasteiger partial charge in [-0.3, -0.25) is 14.3 Å². The average molecular weight is 606 g/mol. The van der Waals surface area contributed by atoms with Crippen molar-refractivity contribution in [3.63, 3.8) is 0 Å². The minimum atomic E-state index is -4.57. The predicted molar refractivity (Wildman–Crippen MR) is 147 cm³/mol. The minimum Gasteiger partial charge on any atom is -0.474 e. The molecule has 4 aliphatic rings. The maximum Gasteiger partial charge on any atom is 0.421 e. The van der Waals surface area contributed by atoms with Crippen LogP contribution in [0.25, 0.3) is 0 Å². The van der Waals surface area contributed by atoms with E-state index in [1.54, 1.807) is 9.58 Å². The van der Waals surface area contributed by atoms with Gasteiger partial charge in [0.05, 0.1) is 19.3 Å². The van der Waals surface area contributed by atoms with Crippen LogP contribution in [0, 0.1) is 11.8 Å². The predicted octanol–water partition coefficient (Wildman–Crippen LogP) is 3.27. The molecule has 2 aliphatic carbocycles. The van der Waals surface area contributed by atoms with E-state index in [0.717, 1.165) is 23.7 Å². The van der Waals surface area contributed by atoms with Crippen LogP contribution in [0.2, 0.25) is 0 Å². The molecule has 10 nitrogen and oxygen atoms in total. The number of pyridine rings is 1. The summed E-state index contributed by atoms with van der Waals surface area (Å²) in [4.78, 5) is 34.5. The number of alkyl halides is 3. The Labute approximate surface area is 248 Å². The van der Waals surface area contributed by atoms with E-state index in [1.807, 2.05) is 11.8 Å². The van der Waals surface area contributed by atoms with Crippen molar-refractivity contribution in [3.8, 4) is 5.88 Å². The Hall–Kier alpha value is -3.19. The standard InChI is InChI=1S/C30H38F3N5O5/c1-17-14-20(43-28-22(30(31,32)33)4-3-8-34-28)7-11-37(17)24(40)16-38-23-15-21-18(2)25(21)26(23)27(35-38)29(41)36-9-5-19(6-10-36)42-13-12-39/h3-4,8,17-21,25,39H,5-7,9-16H2,1-2H3/t17-,18-,20-,21+,25-/m1/s1. The van der Waals surface area contributed by atoms with Crippen molar-refractivity contribution in [3.05, 3.63) is 40.8 Å². The molecule has 3 fully saturated rings. The second kappa shape index (κ2) is 11.7. The molecule has 1 saturated carbocycles. The van der Waals surface area contributed by atoms with Crippen molar-refractivity contribution in [2.24, 2.45) is 11.8 Å². The van der Waals surface area contributed by atoms with E-state index >= 15 is 0 Å². The number of amides is 2. The molecular formula is C30H38F3N5O5. The van der Waals surface area contributed by atoms with E-state index in [4.69, 9.17) is 19.7 Å². The highest BCUT2D eigenvalue weighted by atomic mass is 19.4. The molecular weight excluding hydrogens is 567 g/mol. The first-order chi connectivity index (χ1) is 20.6. The van der Waals surface area contributed by atoms with E-state index in [2.05, 4.69) is 11.9 Å². The molecule has 0 bridgehead atoms. The Kier molecular flexibility index (Phi) is 8.14. The van der Waals surface area contributed by atoms with Gasteiger partial charge in [0.1, 0.15) is 18.2 Å². The largest absolute Gasteiger partial charge is 0.474 e. The van der Waals surface area contributed by atoms with Crippen LogP contribution in [0.4, 0.5) is 13.2 Å². The van der Waals surface area contributed by atoms with Crippen LogP contribution in [-0.2, 0) is 28.7 Å². The number of aliphatic hydroxyl groups excluding tert-OH is 1. The normalized spacial score (nSPS) is 27.2. The van der Waals surface area contributed by atoms with Crippen molar-refractivity contribution in [2.45, 2.75) is 82.8 Å². The van der Waals surface area contributed by atoms with E-state index in [9.17, 15) is 22.8 Å². The van der Waals surface area contributed by atoms with Crippen LogP contribution in [0.1, 0.15) is 72.8 Å². The van der Waals surface area contributed by atoms with E-state index in [1.165, 1.54) is 12.3 Å². The Balaban J connectivity index is 1.11. The number of fused-ring (bicyclic) bond motifs is 3. The fourth-order valence-corrected chi connectivity index (χ4v) is 7.20. The molecule has 1 N–H and O–H groups in total. The lowest BCUT2D eigenvalue weighted by Gasteiger charge is -2.37. The number of ether oxygens (including phenoxy) is 2. The number of piperidine rings is 2. The molecule has 13 heteroatoms. The quantitative estimate of drug-likeness (QED) is 0.492. The highest BCUT2D eigenvalue weighted by molar-refractivity contribution is 5.95. The van der Waals surface area contributed by atoms with E-state index in [0.29, 0.717) is 68.8 Å². The molecule has 0 aromatic carbocycles. The number of hydrogen-bond donors (Lipinski definition) is 1. The molecule has 2 aliphatic heterocycles. The number of rotatable bonds is 8. The summed E-state index contributed by atoms with van der Waals surface area (Å²) in [5.74, 6) is 0.565. The molecule has 2 amide bonds. The smallest absolute Gasteiger partial charge is 0.421 e. The molecule has 5 atom stereocenters. The zero-order valence-corrected chi connectivity index (χ0v) is 24.4. The molecule has 4 heterocycles. The van der Waals surface area contributed by atoms with Gasteiger partial charge in [0, 0.05) is 56.0 Å². The minimum absolute atomic E-state index is 0.00876. The Morgan fingerprint density at radius 3 is 2.56 bits per heavy atom. The zero-order chi connectivity index (χ0) is 30.5. The van der Waals surface area contributed by atoms with Gasteiger partial charge in [-0.25, -0.2) is 4.98 Å². The monoisotopic (exact) mass is 605 g/mol. The first-order valence-electron chi connectivity index (χ1n) is 15.2. The lowest BCUT2D eigenvalue weighted by molar-refractivity contribution is -0.140. The molecule has 43 heavy (non-hydrogen) atoms. The molecule has 0 unspecified atom stereocenters. The van der Waals surface area contributed by atoms with Gasteiger partial charge < -0.3 is 24.4 Å². The number of likely N-dealkylation sites (tertiary alicyclic amines) is 2. The van der Waals surface area contributed by atoms with E-state index < -0.39 is 23.7 Å². The molecule has 234 valence electrons. The van der Waals surface area contributed by atoms with Crippen LogP contribution in [0.3, 0.4) is 0 Å². The van der Waals surface area contributed by atoms with Crippen LogP contribution >= 0.6 is 0 Å². The summed E-state index contributed by atoms with van der Waals surface area (Å²) in [6.07, 6.45) is -0.824. The fraction of sp³-hybridized carbons (Fsp3) is 0.667. The first-order valence-corrected chi connectivity index (χ1v) is 15.2.